The molecule has 0 saturated heterocycles. The first-order valence-electron chi connectivity index (χ1n) is 12.3. The van der Waals surface area contributed by atoms with Crippen LogP contribution in [0.5, 0.6) is 17.2 Å². The number of nitrogens with one attached hydrogen (secondary N) is 1. The molecule has 1 unspecified atom stereocenters. The van der Waals surface area contributed by atoms with Crippen LogP contribution in [0.1, 0.15) is 30.0 Å². The number of fused-ring (bicyclic) bond motifs is 1. The van der Waals surface area contributed by atoms with Crippen LogP contribution in [0.3, 0.4) is 0 Å². The van der Waals surface area contributed by atoms with Crippen LogP contribution in [0.4, 0.5) is 24.5 Å². The van der Waals surface area contributed by atoms with Crippen molar-refractivity contribution >= 4 is 34.9 Å². The number of carbonyl (C=O) groups excluding carboxylic acids is 1. The van der Waals surface area contributed by atoms with Gasteiger partial charge in [-0.05, 0) is 42.2 Å². The smallest absolute Gasteiger partial charge is 0.497 e. The van der Waals surface area contributed by atoms with Crippen LogP contribution >= 0.6 is 11.6 Å². The number of carboxylic acids is 1. The summed E-state index contributed by atoms with van der Waals surface area (Å²) in [5.74, 6) is -0.922. The van der Waals surface area contributed by atoms with E-state index in [9.17, 15) is 22.8 Å². The number of aliphatic carboxylic acids is 1. The molecule has 212 valence electrons. The first-order valence-corrected chi connectivity index (χ1v) is 12.7. The number of alkyl halides is 3. The minimum Gasteiger partial charge on any atom is -0.497 e. The molecule has 3 aromatic rings. The molecule has 1 aliphatic rings. The molecule has 1 amide bonds. The van der Waals surface area contributed by atoms with E-state index in [1.807, 2.05) is 0 Å². The number of anilines is 2. The zero-order valence-corrected chi connectivity index (χ0v) is 22.1. The number of nitrogens with zero attached hydrogens (tertiary/aromatic N) is 1. The molecule has 0 bridgehead atoms. The topological polar surface area (TPSA) is 97.3 Å². The Balaban J connectivity index is 1.63. The minimum absolute atomic E-state index is 0.0464. The minimum atomic E-state index is -4.87. The highest BCUT2D eigenvalue weighted by Gasteiger charge is 2.34. The fraction of sp³-hybridized carbons (Fsp3) is 0.286. The molecule has 0 radical (unpaired) electrons. The molecule has 0 aliphatic carbocycles. The van der Waals surface area contributed by atoms with E-state index in [1.54, 1.807) is 42.5 Å². The van der Waals surface area contributed by atoms with Gasteiger partial charge in [0.05, 0.1) is 19.4 Å². The van der Waals surface area contributed by atoms with E-state index in [0.717, 1.165) is 5.56 Å². The van der Waals surface area contributed by atoms with Gasteiger partial charge in [-0.25, -0.2) is 0 Å². The van der Waals surface area contributed by atoms with E-state index >= 15 is 0 Å². The summed E-state index contributed by atoms with van der Waals surface area (Å²) in [6.45, 7) is 0.427. The SMILES string of the molecule is COc1cc(NC(C(=O)N2CCc3ccc(OC(F)(F)F)cc32)c2ccc(Cl)cc2)cc(OCCCC(=O)O)c1. The maximum atomic E-state index is 14.0. The van der Waals surface area contributed by atoms with Crippen LogP contribution in [0, 0.1) is 0 Å². The van der Waals surface area contributed by atoms with E-state index in [-0.39, 0.29) is 19.6 Å². The zero-order chi connectivity index (χ0) is 28.9. The highest BCUT2D eigenvalue weighted by atomic mass is 35.5. The van der Waals surface area contributed by atoms with Crippen molar-refractivity contribution in [3.05, 3.63) is 76.8 Å². The highest BCUT2D eigenvalue weighted by Crippen LogP contribution is 2.37. The van der Waals surface area contributed by atoms with Crippen LogP contribution in [-0.4, -0.2) is 43.6 Å². The molecule has 0 aromatic heterocycles. The summed E-state index contributed by atoms with van der Waals surface area (Å²) < 4.78 is 53.6. The van der Waals surface area contributed by atoms with Gasteiger partial charge in [-0.2, -0.15) is 0 Å². The second-order valence-electron chi connectivity index (χ2n) is 8.95. The van der Waals surface area contributed by atoms with Gasteiger partial charge in [-0.15, -0.1) is 13.2 Å². The normalized spacial score (nSPS) is 13.4. The van der Waals surface area contributed by atoms with Crippen molar-refractivity contribution in [1.82, 2.24) is 0 Å². The molecule has 3 aromatic carbocycles. The number of rotatable bonds is 11. The third-order valence-electron chi connectivity index (χ3n) is 6.13. The zero-order valence-electron chi connectivity index (χ0n) is 21.3. The fourth-order valence-corrected chi connectivity index (χ4v) is 4.45. The lowest BCUT2D eigenvalue weighted by Crippen LogP contribution is -2.37. The molecule has 8 nitrogen and oxygen atoms in total. The quantitative estimate of drug-likeness (QED) is 0.260. The average molecular weight is 579 g/mol. The Morgan fingerprint density at radius 1 is 1.05 bits per heavy atom. The van der Waals surface area contributed by atoms with Crippen molar-refractivity contribution in [2.24, 2.45) is 0 Å². The number of halogens is 4. The summed E-state index contributed by atoms with van der Waals surface area (Å²) >= 11 is 6.07. The Hall–Kier alpha value is -4.12. The summed E-state index contributed by atoms with van der Waals surface area (Å²) in [7, 11) is 1.47. The van der Waals surface area contributed by atoms with Crippen molar-refractivity contribution in [1.29, 1.82) is 0 Å². The van der Waals surface area contributed by atoms with Crippen LogP contribution in [0.15, 0.2) is 60.7 Å². The van der Waals surface area contributed by atoms with E-state index in [2.05, 4.69) is 10.1 Å². The number of hydrogen-bond donors (Lipinski definition) is 2. The Bertz CT molecular complexity index is 1370. The Morgan fingerprint density at radius 2 is 1.77 bits per heavy atom. The number of ether oxygens (including phenoxy) is 3. The third kappa shape index (κ3) is 7.50. The molecule has 1 heterocycles. The number of carboxylic acid groups (broad SMARTS) is 1. The first kappa shape index (κ1) is 28.9. The van der Waals surface area contributed by atoms with Crippen LogP contribution < -0.4 is 24.4 Å². The molecule has 1 aliphatic heterocycles. The summed E-state index contributed by atoms with van der Waals surface area (Å²) in [5.41, 5.74) is 2.09. The van der Waals surface area contributed by atoms with Gasteiger partial charge in [0.1, 0.15) is 23.3 Å². The lowest BCUT2D eigenvalue weighted by Gasteiger charge is -2.26. The third-order valence-corrected chi connectivity index (χ3v) is 6.38. The highest BCUT2D eigenvalue weighted by molar-refractivity contribution is 6.30. The lowest BCUT2D eigenvalue weighted by atomic mass is 10.0. The van der Waals surface area contributed by atoms with E-state index < -0.39 is 30.0 Å². The average Bonchev–Trinajstić information content (AvgIpc) is 3.32. The van der Waals surface area contributed by atoms with Gasteiger partial charge in [0.15, 0.2) is 0 Å². The molecular weight excluding hydrogens is 553 g/mol. The molecule has 1 atom stereocenters. The van der Waals surface area contributed by atoms with Crippen LogP contribution in [0.2, 0.25) is 5.02 Å². The molecule has 0 saturated carbocycles. The fourth-order valence-electron chi connectivity index (χ4n) is 4.32. The molecule has 0 fully saturated rings. The first-order chi connectivity index (χ1) is 19.0. The van der Waals surface area contributed by atoms with E-state index in [1.165, 1.54) is 30.2 Å². The predicted octanol–water partition coefficient (Wildman–Crippen LogP) is 6.23. The van der Waals surface area contributed by atoms with Gasteiger partial charge >= 0.3 is 12.3 Å². The standard InChI is InChI=1S/C28H26ClF3N2O6/c1-38-22-13-20(14-23(15-22)39-12-2-3-25(35)36)33-26(18-4-7-19(29)8-5-18)27(37)34-11-10-17-6-9-21(16-24(17)34)40-28(30,31)32/h4-9,13-16,26,33H,2-3,10-12H2,1H3,(H,35,36). The van der Waals surface area contributed by atoms with Crippen molar-refractivity contribution in [2.45, 2.75) is 31.7 Å². The maximum Gasteiger partial charge on any atom is 0.573 e. The van der Waals surface area contributed by atoms with Gasteiger partial charge in [0.25, 0.3) is 5.91 Å². The van der Waals surface area contributed by atoms with Crippen molar-refractivity contribution in [3.8, 4) is 17.2 Å². The number of hydrogen-bond acceptors (Lipinski definition) is 6. The predicted molar refractivity (Wildman–Crippen MR) is 142 cm³/mol. The number of benzene rings is 3. The largest absolute Gasteiger partial charge is 0.573 e. The van der Waals surface area contributed by atoms with Gasteiger partial charge < -0.3 is 29.5 Å². The molecule has 40 heavy (non-hydrogen) atoms. The Labute approximate surface area is 233 Å². The Morgan fingerprint density at radius 3 is 2.45 bits per heavy atom. The van der Waals surface area contributed by atoms with Gasteiger partial charge in [-0.3, -0.25) is 9.59 Å². The number of methoxy groups -OCH3 is 1. The van der Waals surface area contributed by atoms with Gasteiger partial charge in [0.2, 0.25) is 0 Å². The van der Waals surface area contributed by atoms with E-state index in [0.29, 0.717) is 46.3 Å². The lowest BCUT2D eigenvalue weighted by molar-refractivity contribution is -0.274. The Kier molecular flexibility index (Phi) is 8.93. The molecule has 12 heteroatoms. The number of carbonyl (C=O) groups is 2. The molecule has 0 spiro atoms. The van der Waals surface area contributed by atoms with Crippen LogP contribution in [-0.2, 0) is 16.0 Å². The van der Waals surface area contributed by atoms with E-state index in [4.69, 9.17) is 26.2 Å². The second-order valence-corrected chi connectivity index (χ2v) is 9.39. The van der Waals surface area contributed by atoms with Crippen LogP contribution in [0.25, 0.3) is 0 Å². The molecule has 2 N–H and O–H groups in total. The molecule has 4 rings (SSSR count). The summed E-state index contributed by atoms with van der Waals surface area (Å²) in [6, 6.07) is 14.6. The van der Waals surface area contributed by atoms with Gasteiger partial charge in [0, 0.05) is 47.9 Å². The summed E-state index contributed by atoms with van der Waals surface area (Å²) in [5, 5.41) is 12.5. The maximum absolute atomic E-state index is 14.0. The monoisotopic (exact) mass is 578 g/mol. The number of amides is 1. The van der Waals surface area contributed by atoms with Crippen molar-refractivity contribution < 1.29 is 42.1 Å². The summed E-state index contributed by atoms with van der Waals surface area (Å²) in [4.78, 5) is 26.2. The van der Waals surface area contributed by atoms with Crippen molar-refractivity contribution in [2.75, 3.05) is 30.5 Å². The molecular formula is C28H26ClF3N2O6. The second kappa shape index (κ2) is 12.4. The van der Waals surface area contributed by atoms with Gasteiger partial charge in [-0.1, -0.05) is 29.8 Å². The summed E-state index contributed by atoms with van der Waals surface area (Å²) in [6.07, 6.45) is -4.14. The van der Waals surface area contributed by atoms with Crippen molar-refractivity contribution in [3.63, 3.8) is 0 Å².